The van der Waals surface area contributed by atoms with Crippen LogP contribution in [-0.2, 0) is 4.79 Å². The van der Waals surface area contributed by atoms with Gasteiger partial charge in [-0.2, -0.15) is 0 Å². The monoisotopic (exact) mass is 317 g/mol. The lowest BCUT2D eigenvalue weighted by molar-refractivity contribution is -0.135. The highest BCUT2D eigenvalue weighted by Crippen LogP contribution is 2.20. The minimum atomic E-state index is -0.0419. The molecule has 1 saturated heterocycles. The number of hydrogen-bond acceptors (Lipinski definition) is 3. The third-order valence-corrected chi connectivity index (χ3v) is 4.12. The van der Waals surface area contributed by atoms with Crippen LogP contribution in [0, 0.1) is 11.8 Å². The van der Waals surface area contributed by atoms with Gasteiger partial charge in [-0.15, -0.1) is 0 Å². The summed E-state index contributed by atoms with van der Waals surface area (Å²) in [5.41, 5.74) is 0.702. The van der Waals surface area contributed by atoms with Crippen LogP contribution >= 0.6 is 0 Å². The fourth-order valence-electron chi connectivity index (χ4n) is 2.90. The van der Waals surface area contributed by atoms with Crippen LogP contribution in [0.15, 0.2) is 29.4 Å². The molecule has 0 saturated carbocycles. The van der Waals surface area contributed by atoms with Gasteiger partial charge in [0.15, 0.2) is 0 Å². The Labute approximate surface area is 138 Å². The molecule has 1 fully saturated rings. The molecule has 1 aromatic heterocycles. The zero-order valence-electron chi connectivity index (χ0n) is 14.5. The molecule has 0 spiro atoms. The SMILES string of the molecule is CC(C)N=c1ccccn1C(=O)C1CCN(C(=O)C(C)C)CC1. The van der Waals surface area contributed by atoms with Crippen molar-refractivity contribution in [2.45, 2.75) is 46.6 Å². The standard InChI is InChI=1S/C18H27N3O2/c1-13(2)17(22)20-11-8-15(9-12-20)18(23)21-10-6-5-7-16(21)19-14(3)4/h5-7,10,13-15H,8-9,11-12H2,1-4H3. The van der Waals surface area contributed by atoms with Crippen LogP contribution in [0.3, 0.4) is 0 Å². The highest BCUT2D eigenvalue weighted by Gasteiger charge is 2.28. The molecular weight excluding hydrogens is 290 g/mol. The predicted molar refractivity (Wildman–Crippen MR) is 89.9 cm³/mol. The van der Waals surface area contributed by atoms with E-state index < -0.39 is 0 Å². The number of likely N-dealkylation sites (tertiary alicyclic amines) is 1. The summed E-state index contributed by atoms with van der Waals surface area (Å²) in [5.74, 6) is 0.238. The van der Waals surface area contributed by atoms with Crippen molar-refractivity contribution in [3.05, 3.63) is 29.9 Å². The first-order valence-electron chi connectivity index (χ1n) is 8.44. The van der Waals surface area contributed by atoms with Crippen molar-refractivity contribution in [2.24, 2.45) is 16.8 Å². The number of nitrogens with zero attached hydrogens (tertiary/aromatic N) is 3. The van der Waals surface area contributed by atoms with Crippen molar-refractivity contribution in [1.29, 1.82) is 0 Å². The van der Waals surface area contributed by atoms with Gasteiger partial charge >= 0.3 is 0 Å². The van der Waals surface area contributed by atoms with Gasteiger partial charge in [-0.25, -0.2) is 0 Å². The van der Waals surface area contributed by atoms with Gasteiger partial charge in [0.05, 0.1) is 0 Å². The van der Waals surface area contributed by atoms with Gasteiger partial charge < -0.3 is 4.90 Å². The fourth-order valence-corrected chi connectivity index (χ4v) is 2.90. The summed E-state index contributed by atoms with van der Waals surface area (Å²) in [5, 5.41) is 0. The molecule has 126 valence electrons. The molecule has 2 rings (SSSR count). The predicted octanol–water partition coefficient (Wildman–Crippen LogP) is 2.33. The van der Waals surface area contributed by atoms with Crippen molar-refractivity contribution >= 4 is 11.8 Å². The summed E-state index contributed by atoms with van der Waals surface area (Å²) in [6.45, 7) is 9.16. The first kappa shape index (κ1) is 17.4. The van der Waals surface area contributed by atoms with E-state index in [0.29, 0.717) is 18.6 Å². The maximum Gasteiger partial charge on any atom is 0.235 e. The van der Waals surface area contributed by atoms with Crippen molar-refractivity contribution in [3.63, 3.8) is 0 Å². The number of piperidine rings is 1. The second kappa shape index (κ2) is 7.57. The largest absolute Gasteiger partial charge is 0.342 e. The van der Waals surface area contributed by atoms with E-state index in [1.54, 1.807) is 10.8 Å². The Morgan fingerprint density at radius 1 is 1.13 bits per heavy atom. The average Bonchev–Trinajstić information content (AvgIpc) is 2.53. The van der Waals surface area contributed by atoms with Gasteiger partial charge in [-0.3, -0.25) is 19.1 Å². The highest BCUT2D eigenvalue weighted by atomic mass is 16.2. The smallest absolute Gasteiger partial charge is 0.235 e. The first-order valence-corrected chi connectivity index (χ1v) is 8.44. The minimum Gasteiger partial charge on any atom is -0.342 e. The summed E-state index contributed by atoms with van der Waals surface area (Å²) in [6.07, 6.45) is 3.23. The molecule has 1 aliphatic rings. The normalized spacial score (nSPS) is 17.1. The van der Waals surface area contributed by atoms with Gasteiger partial charge in [0.25, 0.3) is 0 Å². The van der Waals surface area contributed by atoms with Gasteiger partial charge in [0.1, 0.15) is 5.49 Å². The number of rotatable bonds is 3. The van der Waals surface area contributed by atoms with E-state index in [2.05, 4.69) is 4.99 Å². The van der Waals surface area contributed by atoms with Gasteiger partial charge in [-0.05, 0) is 38.8 Å². The Morgan fingerprint density at radius 3 is 2.35 bits per heavy atom. The first-order chi connectivity index (χ1) is 10.9. The van der Waals surface area contributed by atoms with Crippen molar-refractivity contribution in [1.82, 2.24) is 9.47 Å². The Morgan fingerprint density at radius 2 is 1.78 bits per heavy atom. The lowest BCUT2D eigenvalue weighted by atomic mass is 9.95. The molecule has 1 aliphatic heterocycles. The van der Waals surface area contributed by atoms with E-state index in [4.69, 9.17) is 0 Å². The summed E-state index contributed by atoms with van der Waals surface area (Å²) < 4.78 is 1.66. The van der Waals surface area contributed by atoms with Crippen LogP contribution < -0.4 is 5.49 Å². The van der Waals surface area contributed by atoms with Crippen molar-refractivity contribution in [3.8, 4) is 0 Å². The fraction of sp³-hybridized carbons (Fsp3) is 0.611. The molecule has 5 nitrogen and oxygen atoms in total. The average molecular weight is 317 g/mol. The zero-order chi connectivity index (χ0) is 17.0. The van der Waals surface area contributed by atoms with E-state index in [1.165, 1.54) is 0 Å². The number of aromatic nitrogens is 1. The Balaban J connectivity index is 2.11. The maximum absolute atomic E-state index is 12.8. The third kappa shape index (κ3) is 4.30. The van der Waals surface area contributed by atoms with Gasteiger partial charge in [-0.1, -0.05) is 19.9 Å². The number of pyridine rings is 1. The Hall–Kier alpha value is -1.91. The quantitative estimate of drug-likeness (QED) is 0.859. The van der Waals surface area contributed by atoms with Crippen LogP contribution in [0.25, 0.3) is 0 Å². The summed E-state index contributed by atoms with van der Waals surface area (Å²) in [7, 11) is 0. The topological polar surface area (TPSA) is 54.7 Å². The molecule has 0 unspecified atom stereocenters. The molecule has 0 bridgehead atoms. The Kier molecular flexibility index (Phi) is 5.74. The molecular formula is C18H27N3O2. The van der Waals surface area contributed by atoms with E-state index in [1.807, 2.05) is 50.8 Å². The summed E-state index contributed by atoms with van der Waals surface area (Å²) >= 11 is 0. The van der Waals surface area contributed by atoms with Gasteiger partial charge in [0.2, 0.25) is 11.8 Å². The van der Waals surface area contributed by atoms with Crippen molar-refractivity contribution in [2.75, 3.05) is 13.1 Å². The van der Waals surface area contributed by atoms with Gasteiger partial charge in [0, 0.05) is 37.2 Å². The second-order valence-corrected chi connectivity index (χ2v) is 6.74. The van der Waals surface area contributed by atoms with Crippen LogP contribution in [-0.4, -0.2) is 40.4 Å². The third-order valence-electron chi connectivity index (χ3n) is 4.12. The molecule has 0 radical (unpaired) electrons. The summed E-state index contributed by atoms with van der Waals surface area (Å²) in [6, 6.07) is 5.76. The molecule has 0 aromatic carbocycles. The van der Waals surface area contributed by atoms with Crippen LogP contribution in [0.1, 0.15) is 45.3 Å². The lowest BCUT2D eigenvalue weighted by Crippen LogP contribution is -2.44. The molecule has 23 heavy (non-hydrogen) atoms. The number of carbonyl (C=O) groups is 2. The summed E-state index contributed by atoms with van der Waals surface area (Å²) in [4.78, 5) is 31.3. The van der Waals surface area contributed by atoms with Crippen LogP contribution in [0.5, 0.6) is 0 Å². The molecule has 0 aliphatic carbocycles. The number of hydrogen-bond donors (Lipinski definition) is 0. The second-order valence-electron chi connectivity index (χ2n) is 6.74. The molecule has 2 heterocycles. The number of amides is 1. The van der Waals surface area contributed by atoms with E-state index in [-0.39, 0.29) is 29.7 Å². The molecule has 1 amide bonds. The molecule has 0 atom stereocenters. The molecule has 1 aromatic rings. The van der Waals surface area contributed by atoms with E-state index in [0.717, 1.165) is 12.8 Å². The zero-order valence-corrected chi connectivity index (χ0v) is 14.5. The molecule has 5 heteroatoms. The minimum absolute atomic E-state index is 0.0159. The molecule has 0 N–H and O–H groups in total. The number of carbonyl (C=O) groups excluding carboxylic acids is 2. The van der Waals surface area contributed by atoms with Crippen molar-refractivity contribution < 1.29 is 9.59 Å². The van der Waals surface area contributed by atoms with E-state index in [9.17, 15) is 9.59 Å². The van der Waals surface area contributed by atoms with E-state index >= 15 is 0 Å². The maximum atomic E-state index is 12.8. The Bertz CT molecular complexity index is 623. The lowest BCUT2D eigenvalue weighted by Gasteiger charge is -2.32. The van der Waals surface area contributed by atoms with Crippen LogP contribution in [0.4, 0.5) is 0 Å². The highest BCUT2D eigenvalue weighted by molar-refractivity contribution is 5.82. The van der Waals surface area contributed by atoms with Crippen LogP contribution in [0.2, 0.25) is 0 Å².